The van der Waals surface area contributed by atoms with Crippen molar-refractivity contribution in [2.45, 2.75) is 19.8 Å². The van der Waals surface area contributed by atoms with Crippen molar-refractivity contribution in [3.63, 3.8) is 0 Å². The van der Waals surface area contributed by atoms with Crippen LogP contribution in [-0.4, -0.2) is 47.1 Å². The molecule has 8 nitrogen and oxygen atoms in total. The van der Waals surface area contributed by atoms with Crippen LogP contribution in [0.25, 0.3) is 11.4 Å². The van der Waals surface area contributed by atoms with Crippen LogP contribution in [0.2, 0.25) is 0 Å². The summed E-state index contributed by atoms with van der Waals surface area (Å²) >= 11 is 0. The van der Waals surface area contributed by atoms with Crippen molar-refractivity contribution in [3.05, 3.63) is 60.0 Å². The molecule has 8 heteroatoms. The molecule has 1 aliphatic heterocycles. The lowest BCUT2D eigenvalue weighted by atomic mass is 9.95. The quantitative estimate of drug-likeness (QED) is 0.678. The van der Waals surface area contributed by atoms with Crippen molar-refractivity contribution < 1.29 is 18.8 Å². The molecule has 0 unspecified atom stereocenters. The molecule has 0 bridgehead atoms. The second kappa shape index (κ2) is 8.99. The largest absolute Gasteiger partial charge is 0.495 e. The summed E-state index contributed by atoms with van der Waals surface area (Å²) in [6.45, 7) is 2.80. The molecule has 1 saturated heterocycles. The first-order valence-corrected chi connectivity index (χ1v) is 10.2. The molecule has 0 spiro atoms. The van der Waals surface area contributed by atoms with Gasteiger partial charge < -0.3 is 19.5 Å². The maximum absolute atomic E-state index is 12.9. The van der Waals surface area contributed by atoms with E-state index in [1.54, 1.807) is 31.1 Å². The highest BCUT2D eigenvalue weighted by atomic mass is 16.5. The zero-order chi connectivity index (χ0) is 21.8. The van der Waals surface area contributed by atoms with Crippen molar-refractivity contribution in [1.82, 2.24) is 15.0 Å². The lowest BCUT2D eigenvalue weighted by Crippen LogP contribution is -2.41. The Kier molecular flexibility index (Phi) is 5.97. The molecule has 3 aromatic rings. The fourth-order valence-electron chi connectivity index (χ4n) is 3.69. The molecular formula is C23H24N4O4. The second-order valence-electron chi connectivity index (χ2n) is 7.47. The van der Waals surface area contributed by atoms with Crippen molar-refractivity contribution in [3.8, 4) is 17.1 Å². The average Bonchev–Trinajstić information content (AvgIpc) is 3.25. The van der Waals surface area contributed by atoms with E-state index in [-0.39, 0.29) is 17.7 Å². The van der Waals surface area contributed by atoms with Gasteiger partial charge in [-0.1, -0.05) is 29.4 Å². The molecule has 2 heterocycles. The average molecular weight is 420 g/mol. The number of rotatable bonds is 5. The third-order valence-corrected chi connectivity index (χ3v) is 5.44. The van der Waals surface area contributed by atoms with Gasteiger partial charge in [-0.2, -0.15) is 4.98 Å². The maximum atomic E-state index is 12.9. The molecule has 1 aromatic heterocycles. The maximum Gasteiger partial charge on any atom is 0.253 e. The number of methoxy groups -OCH3 is 1. The van der Waals surface area contributed by atoms with Crippen molar-refractivity contribution in [2.75, 3.05) is 25.5 Å². The molecule has 0 radical (unpaired) electrons. The van der Waals surface area contributed by atoms with E-state index in [0.29, 0.717) is 54.6 Å². The van der Waals surface area contributed by atoms with Crippen LogP contribution in [0.1, 0.15) is 29.1 Å². The number of nitrogens with one attached hydrogen (secondary N) is 1. The Labute approximate surface area is 180 Å². The first kappa shape index (κ1) is 20.6. The fraction of sp³-hybridized carbons (Fsp3) is 0.304. The summed E-state index contributed by atoms with van der Waals surface area (Å²) in [5, 5.41) is 6.83. The van der Waals surface area contributed by atoms with E-state index in [2.05, 4.69) is 15.5 Å². The topological polar surface area (TPSA) is 97.6 Å². The van der Waals surface area contributed by atoms with Gasteiger partial charge in [0, 0.05) is 37.1 Å². The Hall–Kier alpha value is -3.68. The SMILES string of the molecule is COc1ccccc1NC(=O)C1CCN(C(=O)c2ccc(-c3noc(C)n3)cc2)CC1. The minimum Gasteiger partial charge on any atom is -0.495 e. The molecule has 4 rings (SSSR count). The summed E-state index contributed by atoms with van der Waals surface area (Å²) < 4.78 is 10.3. The van der Waals surface area contributed by atoms with Gasteiger partial charge in [-0.3, -0.25) is 9.59 Å². The van der Waals surface area contributed by atoms with Crippen molar-refractivity contribution in [2.24, 2.45) is 5.92 Å². The molecule has 0 saturated carbocycles. The first-order chi connectivity index (χ1) is 15.0. The van der Waals surface area contributed by atoms with Crippen LogP contribution in [0.15, 0.2) is 53.1 Å². The van der Waals surface area contributed by atoms with Crippen LogP contribution >= 0.6 is 0 Å². The van der Waals surface area contributed by atoms with E-state index in [0.717, 1.165) is 5.56 Å². The molecule has 2 aromatic carbocycles. The molecule has 31 heavy (non-hydrogen) atoms. The number of hydrogen-bond donors (Lipinski definition) is 1. The highest BCUT2D eigenvalue weighted by Crippen LogP contribution is 2.26. The number of para-hydroxylation sites is 2. The number of aryl methyl sites for hydroxylation is 1. The molecule has 2 amide bonds. The Balaban J connectivity index is 1.34. The number of carbonyl (C=O) groups is 2. The van der Waals surface area contributed by atoms with E-state index < -0.39 is 0 Å². The zero-order valence-corrected chi connectivity index (χ0v) is 17.5. The van der Waals surface area contributed by atoms with E-state index in [1.807, 2.05) is 36.4 Å². The van der Waals surface area contributed by atoms with Crippen LogP contribution in [0, 0.1) is 12.8 Å². The van der Waals surface area contributed by atoms with Crippen molar-refractivity contribution >= 4 is 17.5 Å². The number of hydrogen-bond acceptors (Lipinski definition) is 6. The minimum atomic E-state index is -0.141. The summed E-state index contributed by atoms with van der Waals surface area (Å²) in [4.78, 5) is 31.5. The third-order valence-electron chi connectivity index (χ3n) is 5.44. The van der Waals surface area contributed by atoms with E-state index >= 15 is 0 Å². The predicted octanol–water partition coefficient (Wildman–Crippen LogP) is 3.54. The summed E-state index contributed by atoms with van der Waals surface area (Å²) in [6.07, 6.45) is 1.24. The standard InChI is InChI=1S/C23H24N4O4/c1-15-24-21(26-31-15)16-7-9-18(10-8-16)23(29)27-13-11-17(12-14-27)22(28)25-19-5-3-4-6-20(19)30-2/h3-10,17H,11-14H2,1-2H3,(H,25,28). The van der Waals surface area contributed by atoms with Gasteiger partial charge in [0.25, 0.3) is 5.91 Å². The lowest BCUT2D eigenvalue weighted by molar-refractivity contribution is -0.121. The summed E-state index contributed by atoms with van der Waals surface area (Å²) in [5.74, 6) is 1.39. The number of nitrogens with zero attached hydrogens (tertiary/aromatic N) is 3. The first-order valence-electron chi connectivity index (χ1n) is 10.2. The van der Waals surface area contributed by atoms with Gasteiger partial charge >= 0.3 is 0 Å². The second-order valence-corrected chi connectivity index (χ2v) is 7.47. The number of amides is 2. The number of anilines is 1. The van der Waals surface area contributed by atoms with Crippen LogP contribution in [0.3, 0.4) is 0 Å². The smallest absolute Gasteiger partial charge is 0.253 e. The summed E-state index contributed by atoms with van der Waals surface area (Å²) in [7, 11) is 1.57. The lowest BCUT2D eigenvalue weighted by Gasteiger charge is -2.31. The van der Waals surface area contributed by atoms with E-state index in [1.165, 1.54) is 0 Å². The van der Waals surface area contributed by atoms with Crippen LogP contribution in [0.4, 0.5) is 5.69 Å². The molecule has 160 valence electrons. The van der Waals surface area contributed by atoms with Crippen LogP contribution < -0.4 is 10.1 Å². The number of benzene rings is 2. The Morgan fingerprint density at radius 1 is 1.10 bits per heavy atom. The van der Waals surface area contributed by atoms with Gasteiger partial charge in [0.15, 0.2) is 0 Å². The van der Waals surface area contributed by atoms with Crippen molar-refractivity contribution in [1.29, 1.82) is 0 Å². The van der Waals surface area contributed by atoms with Crippen LogP contribution in [0.5, 0.6) is 5.75 Å². The van der Waals surface area contributed by atoms with Gasteiger partial charge in [-0.05, 0) is 37.1 Å². The number of piperidine rings is 1. The monoisotopic (exact) mass is 420 g/mol. The minimum absolute atomic E-state index is 0.0422. The van der Waals surface area contributed by atoms with Gasteiger partial charge in [-0.25, -0.2) is 0 Å². The molecular weight excluding hydrogens is 396 g/mol. The number of ether oxygens (including phenoxy) is 1. The Morgan fingerprint density at radius 2 is 1.81 bits per heavy atom. The Bertz CT molecular complexity index is 1070. The van der Waals surface area contributed by atoms with Crippen LogP contribution in [-0.2, 0) is 4.79 Å². The molecule has 0 aliphatic carbocycles. The van der Waals surface area contributed by atoms with Gasteiger partial charge in [0.1, 0.15) is 5.75 Å². The molecule has 1 aliphatic rings. The molecule has 0 atom stereocenters. The summed E-state index contributed by atoms with van der Waals surface area (Å²) in [5.41, 5.74) is 2.05. The predicted molar refractivity (Wildman–Crippen MR) is 115 cm³/mol. The van der Waals surface area contributed by atoms with Gasteiger partial charge in [-0.15, -0.1) is 0 Å². The fourth-order valence-corrected chi connectivity index (χ4v) is 3.69. The Morgan fingerprint density at radius 3 is 2.45 bits per heavy atom. The zero-order valence-electron chi connectivity index (χ0n) is 17.5. The highest BCUT2D eigenvalue weighted by molar-refractivity contribution is 5.96. The van der Waals surface area contributed by atoms with E-state index in [9.17, 15) is 9.59 Å². The molecule has 1 fully saturated rings. The third kappa shape index (κ3) is 4.58. The number of aromatic nitrogens is 2. The number of likely N-dealkylation sites (tertiary alicyclic amines) is 1. The summed E-state index contributed by atoms with van der Waals surface area (Å²) in [6, 6.07) is 14.5. The van der Waals surface area contributed by atoms with Gasteiger partial charge in [0.05, 0.1) is 12.8 Å². The highest BCUT2D eigenvalue weighted by Gasteiger charge is 2.28. The molecule has 1 N–H and O–H groups in total. The van der Waals surface area contributed by atoms with Gasteiger partial charge in [0.2, 0.25) is 17.6 Å². The number of carbonyl (C=O) groups excluding carboxylic acids is 2. The normalized spacial score (nSPS) is 14.3. The van der Waals surface area contributed by atoms with E-state index in [4.69, 9.17) is 9.26 Å².